The van der Waals surface area contributed by atoms with Crippen LogP contribution in [0, 0.1) is 6.92 Å². The summed E-state index contributed by atoms with van der Waals surface area (Å²) in [5, 5.41) is 6.53. The van der Waals surface area contributed by atoms with Crippen LogP contribution in [0.4, 0.5) is 10.5 Å². The molecule has 0 saturated carbocycles. The number of amides is 2. The third-order valence-corrected chi connectivity index (χ3v) is 7.20. The minimum atomic E-state index is 0.00638. The Hall–Kier alpha value is -3.45. The topological polar surface area (TPSA) is 78.6 Å². The number of aromatic amines is 1. The first-order chi connectivity index (χ1) is 17.5. The Kier molecular flexibility index (Phi) is 6.92. The van der Waals surface area contributed by atoms with Crippen LogP contribution in [0.5, 0.6) is 5.75 Å². The highest BCUT2D eigenvalue weighted by Gasteiger charge is 2.29. The number of aromatic nitrogens is 1. The van der Waals surface area contributed by atoms with Crippen molar-refractivity contribution >= 4 is 11.7 Å². The molecule has 2 aromatic carbocycles. The van der Waals surface area contributed by atoms with Crippen molar-refractivity contribution in [3.8, 4) is 28.1 Å². The quantitative estimate of drug-likeness (QED) is 0.427. The molecule has 5 rings (SSSR count). The lowest BCUT2D eigenvalue weighted by molar-refractivity contribution is 0.0525. The first-order valence-corrected chi connectivity index (χ1v) is 12.9. The molecule has 190 valence electrons. The zero-order valence-electron chi connectivity index (χ0n) is 21.6. The van der Waals surface area contributed by atoms with Crippen LogP contribution in [0.2, 0.25) is 0 Å². The molecule has 7 heteroatoms. The van der Waals surface area contributed by atoms with Gasteiger partial charge in [-0.05, 0) is 74.1 Å². The van der Waals surface area contributed by atoms with Gasteiger partial charge in [0.05, 0.1) is 31.0 Å². The molecule has 2 amide bonds. The van der Waals surface area contributed by atoms with Gasteiger partial charge in [-0.25, -0.2) is 4.79 Å². The lowest BCUT2D eigenvalue weighted by atomic mass is 9.94. The standard InChI is InChI=1S/C29H36N4O3/c1-18(2)36-27-11-8-20(16-26(27)30-4)28-19(3)24(17-31-28)21-6-5-7-23-22(21)9-10-25(23)32-29(34)33-12-14-35-15-13-33/h5-8,11,16-18,25,30-31H,9-10,12-15H2,1-4H3,(H,32,34). The van der Waals surface area contributed by atoms with Gasteiger partial charge in [0.25, 0.3) is 0 Å². The number of rotatable bonds is 6. The fourth-order valence-electron chi connectivity index (χ4n) is 5.38. The summed E-state index contributed by atoms with van der Waals surface area (Å²) in [6.07, 6.45) is 4.09. The monoisotopic (exact) mass is 488 g/mol. The maximum Gasteiger partial charge on any atom is 0.318 e. The molecule has 0 bridgehead atoms. The fourth-order valence-corrected chi connectivity index (χ4v) is 5.38. The summed E-state index contributed by atoms with van der Waals surface area (Å²) in [5.74, 6) is 0.853. The Bertz CT molecular complexity index is 1240. The van der Waals surface area contributed by atoms with Crippen molar-refractivity contribution in [2.24, 2.45) is 0 Å². The molecule has 3 aromatic rings. The lowest BCUT2D eigenvalue weighted by Gasteiger charge is -2.28. The van der Waals surface area contributed by atoms with Gasteiger partial charge in [0.2, 0.25) is 0 Å². The maximum absolute atomic E-state index is 12.8. The number of carbonyl (C=O) groups excluding carboxylic acids is 1. The average molecular weight is 489 g/mol. The van der Waals surface area contributed by atoms with Crippen molar-refractivity contribution in [1.82, 2.24) is 15.2 Å². The van der Waals surface area contributed by atoms with Crippen LogP contribution in [0.25, 0.3) is 22.4 Å². The van der Waals surface area contributed by atoms with E-state index in [1.807, 2.05) is 31.9 Å². The SMILES string of the molecule is CNc1cc(-c2[nH]cc(-c3cccc4c3CCC4NC(=O)N3CCOCC3)c2C)ccc1OC(C)C. The molecule has 3 N–H and O–H groups in total. The number of carbonyl (C=O) groups is 1. The molecule has 36 heavy (non-hydrogen) atoms. The van der Waals surface area contributed by atoms with E-state index in [-0.39, 0.29) is 18.2 Å². The number of benzene rings is 2. The normalized spacial score (nSPS) is 17.2. The van der Waals surface area contributed by atoms with Gasteiger partial charge < -0.3 is 30.0 Å². The van der Waals surface area contributed by atoms with Gasteiger partial charge >= 0.3 is 6.03 Å². The van der Waals surface area contributed by atoms with Crippen molar-refractivity contribution in [1.29, 1.82) is 0 Å². The van der Waals surface area contributed by atoms with Gasteiger partial charge in [0.15, 0.2) is 0 Å². The predicted octanol–water partition coefficient (Wildman–Crippen LogP) is 5.52. The summed E-state index contributed by atoms with van der Waals surface area (Å²) in [6, 6.07) is 12.8. The second kappa shape index (κ2) is 10.3. The zero-order chi connectivity index (χ0) is 25.2. The van der Waals surface area contributed by atoms with Gasteiger partial charge in [-0.15, -0.1) is 0 Å². The van der Waals surface area contributed by atoms with Crippen LogP contribution in [0.1, 0.15) is 43.0 Å². The predicted molar refractivity (Wildman–Crippen MR) is 144 cm³/mol. The minimum absolute atomic E-state index is 0.00638. The summed E-state index contributed by atoms with van der Waals surface area (Å²) in [6.45, 7) is 8.75. The molecule has 0 spiro atoms. The van der Waals surface area contributed by atoms with Crippen LogP contribution in [0.15, 0.2) is 42.6 Å². The second-order valence-electron chi connectivity index (χ2n) is 9.84. The third kappa shape index (κ3) is 4.67. The lowest BCUT2D eigenvalue weighted by Crippen LogP contribution is -2.46. The molecule has 2 heterocycles. The van der Waals surface area contributed by atoms with Gasteiger partial charge in [-0.2, -0.15) is 0 Å². The smallest absolute Gasteiger partial charge is 0.318 e. The first kappa shape index (κ1) is 24.3. The van der Waals surface area contributed by atoms with Crippen LogP contribution in [0.3, 0.4) is 0 Å². The van der Waals surface area contributed by atoms with Crippen molar-refractivity contribution < 1.29 is 14.3 Å². The Morgan fingerprint density at radius 1 is 1.17 bits per heavy atom. The van der Waals surface area contributed by atoms with E-state index in [4.69, 9.17) is 9.47 Å². The van der Waals surface area contributed by atoms with Gasteiger partial charge in [-0.1, -0.05) is 18.2 Å². The Morgan fingerprint density at radius 2 is 1.97 bits per heavy atom. The van der Waals surface area contributed by atoms with E-state index in [0.29, 0.717) is 26.3 Å². The summed E-state index contributed by atoms with van der Waals surface area (Å²) >= 11 is 0. The molecule has 2 aliphatic rings. The average Bonchev–Trinajstić information content (AvgIpc) is 3.48. The number of hydrogen-bond donors (Lipinski definition) is 3. The Morgan fingerprint density at radius 3 is 2.72 bits per heavy atom. The summed E-state index contributed by atoms with van der Waals surface area (Å²) in [5.41, 5.74) is 9.39. The van der Waals surface area contributed by atoms with Gasteiger partial charge in [0.1, 0.15) is 5.75 Å². The van der Waals surface area contributed by atoms with Gasteiger partial charge in [-0.3, -0.25) is 0 Å². The second-order valence-corrected chi connectivity index (χ2v) is 9.84. The number of nitrogens with one attached hydrogen (secondary N) is 3. The summed E-state index contributed by atoms with van der Waals surface area (Å²) in [4.78, 5) is 18.2. The number of fused-ring (bicyclic) bond motifs is 1. The summed E-state index contributed by atoms with van der Waals surface area (Å²) in [7, 11) is 1.92. The first-order valence-electron chi connectivity index (χ1n) is 12.9. The maximum atomic E-state index is 12.8. The molecule has 1 atom stereocenters. The van der Waals surface area contributed by atoms with Crippen molar-refractivity contribution in [2.45, 2.75) is 45.8 Å². The zero-order valence-corrected chi connectivity index (χ0v) is 21.6. The van der Waals surface area contributed by atoms with Crippen molar-refractivity contribution in [2.75, 3.05) is 38.7 Å². The van der Waals surface area contributed by atoms with Crippen LogP contribution >= 0.6 is 0 Å². The molecular formula is C29H36N4O3. The largest absolute Gasteiger partial charge is 0.489 e. The molecule has 7 nitrogen and oxygen atoms in total. The van der Waals surface area contributed by atoms with Crippen LogP contribution < -0.4 is 15.4 Å². The molecule has 1 aromatic heterocycles. The summed E-state index contributed by atoms with van der Waals surface area (Å²) < 4.78 is 11.3. The minimum Gasteiger partial charge on any atom is -0.489 e. The van der Waals surface area contributed by atoms with E-state index >= 15 is 0 Å². The van der Waals surface area contributed by atoms with E-state index in [9.17, 15) is 4.79 Å². The molecule has 1 aliphatic carbocycles. The number of ether oxygens (including phenoxy) is 2. The number of H-pyrrole nitrogens is 1. The number of anilines is 1. The molecule has 1 unspecified atom stereocenters. The van der Waals surface area contributed by atoms with Crippen LogP contribution in [-0.4, -0.2) is 55.4 Å². The molecule has 0 radical (unpaired) electrons. The van der Waals surface area contributed by atoms with E-state index in [1.165, 1.54) is 27.8 Å². The Balaban J connectivity index is 1.41. The number of morpholine rings is 1. The van der Waals surface area contributed by atoms with Gasteiger partial charge in [0, 0.05) is 43.2 Å². The fraction of sp³-hybridized carbons (Fsp3) is 0.414. The third-order valence-electron chi connectivity index (χ3n) is 7.20. The molecular weight excluding hydrogens is 452 g/mol. The molecule has 1 aliphatic heterocycles. The highest BCUT2D eigenvalue weighted by atomic mass is 16.5. The number of hydrogen-bond acceptors (Lipinski definition) is 4. The van der Waals surface area contributed by atoms with Crippen molar-refractivity contribution in [3.05, 3.63) is 59.3 Å². The van der Waals surface area contributed by atoms with Crippen LogP contribution in [-0.2, 0) is 11.2 Å². The molecule has 1 fully saturated rings. The van der Waals surface area contributed by atoms with E-state index in [2.05, 4.69) is 59.1 Å². The molecule has 1 saturated heterocycles. The van der Waals surface area contributed by atoms with E-state index < -0.39 is 0 Å². The van der Waals surface area contributed by atoms with E-state index in [0.717, 1.165) is 35.5 Å². The van der Waals surface area contributed by atoms with E-state index in [1.54, 1.807) is 0 Å². The number of nitrogens with zero attached hydrogens (tertiary/aromatic N) is 1. The van der Waals surface area contributed by atoms with Crippen molar-refractivity contribution in [3.63, 3.8) is 0 Å². The highest BCUT2D eigenvalue weighted by molar-refractivity contribution is 5.82. The highest BCUT2D eigenvalue weighted by Crippen LogP contribution is 2.41. The number of urea groups is 1. The Labute approximate surface area is 213 Å².